The molecule has 7 nitrogen and oxygen atoms in total. The number of amides is 2. The van der Waals surface area contributed by atoms with Gasteiger partial charge in [-0.3, -0.25) is 14.5 Å². The largest absolute Gasteiger partial charge is 0.370 e. The van der Waals surface area contributed by atoms with Crippen molar-refractivity contribution in [3.05, 3.63) is 24.3 Å². The van der Waals surface area contributed by atoms with Crippen molar-refractivity contribution >= 4 is 23.2 Å². The van der Waals surface area contributed by atoms with Crippen LogP contribution < -0.4 is 16.0 Å². The fourth-order valence-corrected chi connectivity index (χ4v) is 4.36. The number of anilines is 2. The van der Waals surface area contributed by atoms with E-state index < -0.39 is 0 Å². The molecule has 1 heterocycles. The molecule has 1 saturated heterocycles. The van der Waals surface area contributed by atoms with Crippen molar-refractivity contribution in [2.75, 3.05) is 43.1 Å². The zero-order valence-corrected chi connectivity index (χ0v) is 17.0. The van der Waals surface area contributed by atoms with E-state index in [0.29, 0.717) is 31.7 Å². The van der Waals surface area contributed by atoms with E-state index in [4.69, 9.17) is 10.5 Å². The van der Waals surface area contributed by atoms with E-state index in [9.17, 15) is 9.59 Å². The number of benzene rings is 1. The fraction of sp³-hybridized carbons (Fsp3) is 0.636. The van der Waals surface area contributed by atoms with Gasteiger partial charge in [-0.1, -0.05) is 12.8 Å². The number of carbonyl (C=O) groups excluding carboxylic acids is 2. The quantitative estimate of drug-likeness (QED) is 0.697. The van der Waals surface area contributed by atoms with E-state index in [1.807, 2.05) is 24.3 Å². The molecule has 1 atom stereocenters. The maximum Gasteiger partial charge on any atom is 0.253 e. The third-order valence-electron chi connectivity index (χ3n) is 6.60. The van der Waals surface area contributed by atoms with Crippen molar-refractivity contribution in [1.29, 1.82) is 0 Å². The Morgan fingerprint density at radius 3 is 2.48 bits per heavy atom. The highest BCUT2D eigenvalue weighted by molar-refractivity contribution is 5.97. The summed E-state index contributed by atoms with van der Waals surface area (Å²) in [6, 6.07) is 7.64. The van der Waals surface area contributed by atoms with Gasteiger partial charge in [-0.2, -0.15) is 0 Å². The average molecular weight is 401 g/mol. The Kier molecular flexibility index (Phi) is 6.47. The normalized spacial score (nSPS) is 21.6. The Morgan fingerprint density at radius 1 is 1.21 bits per heavy atom. The topological polar surface area (TPSA) is 87.9 Å². The second-order valence-corrected chi connectivity index (χ2v) is 8.46. The van der Waals surface area contributed by atoms with Gasteiger partial charge in [0, 0.05) is 37.1 Å². The number of nitrogens with zero attached hydrogens (tertiary/aromatic N) is 2. The van der Waals surface area contributed by atoms with E-state index in [1.165, 1.54) is 38.5 Å². The van der Waals surface area contributed by atoms with Crippen LogP contribution in [-0.4, -0.2) is 61.6 Å². The van der Waals surface area contributed by atoms with Crippen molar-refractivity contribution in [3.8, 4) is 0 Å². The van der Waals surface area contributed by atoms with Crippen LogP contribution in [0, 0.1) is 5.92 Å². The first-order valence-electron chi connectivity index (χ1n) is 10.9. The summed E-state index contributed by atoms with van der Waals surface area (Å²) < 4.78 is 5.18. The monoisotopic (exact) mass is 400 g/mol. The minimum absolute atomic E-state index is 0.0334. The van der Waals surface area contributed by atoms with Crippen LogP contribution in [0.5, 0.6) is 0 Å². The van der Waals surface area contributed by atoms with Crippen LogP contribution in [-0.2, 0) is 14.3 Å². The molecule has 2 amide bonds. The molecule has 0 unspecified atom stereocenters. The molecule has 0 aromatic heterocycles. The van der Waals surface area contributed by atoms with Crippen LogP contribution in [0.25, 0.3) is 0 Å². The van der Waals surface area contributed by atoms with E-state index >= 15 is 0 Å². The SMILES string of the molecule is NC[C@@H](C(=O)Nc1ccc(N2CCOCC2=O)cc1)N(CC1CCC1)C1CCC1. The van der Waals surface area contributed by atoms with Crippen molar-refractivity contribution in [2.45, 2.75) is 50.6 Å². The van der Waals surface area contributed by atoms with Gasteiger partial charge in [-0.25, -0.2) is 0 Å². The van der Waals surface area contributed by atoms with Crippen LogP contribution in [0.2, 0.25) is 0 Å². The minimum Gasteiger partial charge on any atom is -0.370 e. The Labute approximate surface area is 172 Å². The number of morpholine rings is 1. The van der Waals surface area contributed by atoms with Gasteiger partial charge in [-0.05, 0) is 55.9 Å². The first-order valence-corrected chi connectivity index (χ1v) is 10.9. The lowest BCUT2D eigenvalue weighted by Gasteiger charge is -2.44. The predicted octanol–water partition coefficient (Wildman–Crippen LogP) is 1.97. The highest BCUT2D eigenvalue weighted by atomic mass is 16.5. The molecule has 0 spiro atoms. The summed E-state index contributed by atoms with van der Waals surface area (Å²) in [4.78, 5) is 29.1. The average Bonchev–Trinajstić information content (AvgIpc) is 2.64. The number of hydrogen-bond donors (Lipinski definition) is 2. The van der Waals surface area contributed by atoms with E-state index in [1.54, 1.807) is 4.90 Å². The Balaban J connectivity index is 1.40. The van der Waals surface area contributed by atoms with Gasteiger partial charge in [0.1, 0.15) is 12.6 Å². The lowest BCUT2D eigenvalue weighted by Crippen LogP contribution is -2.56. The molecule has 2 aliphatic carbocycles. The Bertz CT molecular complexity index is 715. The van der Waals surface area contributed by atoms with Crippen molar-refractivity contribution in [2.24, 2.45) is 11.7 Å². The molecule has 3 N–H and O–H groups in total. The third kappa shape index (κ3) is 4.63. The van der Waals surface area contributed by atoms with Crippen LogP contribution in [0.1, 0.15) is 38.5 Å². The first kappa shape index (κ1) is 20.3. The van der Waals surface area contributed by atoms with E-state index in [2.05, 4.69) is 10.2 Å². The highest BCUT2D eigenvalue weighted by Gasteiger charge is 2.36. The second-order valence-electron chi connectivity index (χ2n) is 8.46. The summed E-state index contributed by atoms with van der Waals surface area (Å²) in [5.74, 6) is 0.639. The van der Waals surface area contributed by atoms with Gasteiger partial charge in [0.15, 0.2) is 0 Å². The Morgan fingerprint density at radius 2 is 1.93 bits per heavy atom. The van der Waals surface area contributed by atoms with Gasteiger partial charge in [0.25, 0.3) is 5.91 Å². The van der Waals surface area contributed by atoms with Gasteiger partial charge in [0.05, 0.1) is 6.61 Å². The van der Waals surface area contributed by atoms with Gasteiger partial charge in [-0.15, -0.1) is 0 Å². The smallest absolute Gasteiger partial charge is 0.253 e. The standard InChI is InChI=1S/C22H32N4O3/c23-13-20(26(18-5-2-6-18)14-16-3-1-4-16)22(28)24-17-7-9-19(10-8-17)25-11-12-29-15-21(25)27/h7-10,16,18,20H,1-6,11-15,23H2,(H,24,28)/t20-/m0/s1. The zero-order valence-electron chi connectivity index (χ0n) is 17.0. The predicted molar refractivity (Wildman–Crippen MR) is 113 cm³/mol. The van der Waals surface area contributed by atoms with Crippen LogP contribution in [0.15, 0.2) is 24.3 Å². The molecule has 7 heteroatoms. The van der Waals surface area contributed by atoms with Crippen LogP contribution in [0.4, 0.5) is 11.4 Å². The summed E-state index contributed by atoms with van der Waals surface area (Å²) in [5, 5.41) is 3.04. The summed E-state index contributed by atoms with van der Waals surface area (Å²) in [6.45, 7) is 2.53. The maximum absolute atomic E-state index is 13.0. The molecular weight excluding hydrogens is 368 g/mol. The Hall–Kier alpha value is -1.96. The molecule has 29 heavy (non-hydrogen) atoms. The zero-order chi connectivity index (χ0) is 20.2. The molecule has 4 rings (SSSR count). The van der Waals surface area contributed by atoms with Crippen molar-refractivity contribution in [3.63, 3.8) is 0 Å². The van der Waals surface area contributed by atoms with E-state index in [-0.39, 0.29) is 24.5 Å². The number of nitrogens with two attached hydrogens (primary N) is 1. The maximum atomic E-state index is 13.0. The molecular formula is C22H32N4O3. The number of rotatable bonds is 8. The third-order valence-corrected chi connectivity index (χ3v) is 6.60. The van der Waals surface area contributed by atoms with Crippen molar-refractivity contribution in [1.82, 2.24) is 4.90 Å². The molecule has 1 aromatic rings. The van der Waals surface area contributed by atoms with Crippen LogP contribution >= 0.6 is 0 Å². The molecule has 1 aliphatic heterocycles. The number of hydrogen-bond acceptors (Lipinski definition) is 5. The van der Waals surface area contributed by atoms with Gasteiger partial charge >= 0.3 is 0 Å². The highest BCUT2D eigenvalue weighted by Crippen LogP contribution is 2.33. The lowest BCUT2D eigenvalue weighted by molar-refractivity contribution is -0.125. The lowest BCUT2D eigenvalue weighted by atomic mass is 9.82. The van der Waals surface area contributed by atoms with Crippen LogP contribution in [0.3, 0.4) is 0 Å². The molecule has 0 radical (unpaired) electrons. The molecule has 1 aromatic carbocycles. The molecule has 3 aliphatic rings. The number of carbonyl (C=O) groups is 2. The first-order chi connectivity index (χ1) is 14.2. The summed E-state index contributed by atoms with van der Waals surface area (Å²) in [7, 11) is 0. The number of nitrogens with one attached hydrogen (secondary N) is 1. The molecule has 0 bridgehead atoms. The minimum atomic E-state index is -0.290. The molecule has 3 fully saturated rings. The second kappa shape index (κ2) is 9.24. The summed E-state index contributed by atoms with van der Waals surface area (Å²) in [5.41, 5.74) is 7.62. The number of ether oxygens (including phenoxy) is 1. The summed E-state index contributed by atoms with van der Waals surface area (Å²) >= 11 is 0. The summed E-state index contributed by atoms with van der Waals surface area (Å²) in [6.07, 6.45) is 7.42. The van der Waals surface area contributed by atoms with Crippen molar-refractivity contribution < 1.29 is 14.3 Å². The van der Waals surface area contributed by atoms with E-state index in [0.717, 1.165) is 17.9 Å². The molecule has 158 valence electrons. The fourth-order valence-electron chi connectivity index (χ4n) is 4.36. The van der Waals surface area contributed by atoms with Gasteiger partial charge < -0.3 is 20.7 Å². The molecule has 2 saturated carbocycles. The van der Waals surface area contributed by atoms with Gasteiger partial charge in [0.2, 0.25) is 5.91 Å².